The van der Waals surface area contributed by atoms with Gasteiger partial charge in [0.15, 0.2) is 5.82 Å². The van der Waals surface area contributed by atoms with Crippen LogP contribution < -0.4 is 0 Å². The highest BCUT2D eigenvalue weighted by Gasteiger charge is 2.11. The normalized spacial score (nSPS) is 10.4. The van der Waals surface area contributed by atoms with Crippen LogP contribution in [-0.2, 0) is 17.6 Å². The first kappa shape index (κ1) is 11.6. The number of halogens is 1. The summed E-state index contributed by atoms with van der Waals surface area (Å²) >= 11 is 5.98. The van der Waals surface area contributed by atoms with E-state index in [0.29, 0.717) is 17.3 Å². The molecule has 0 spiro atoms. The molecule has 5 nitrogen and oxygen atoms in total. The number of carboxylic acid groups (broad SMARTS) is 1. The molecule has 6 heteroatoms. The Balaban J connectivity index is 2.12. The fourth-order valence-electron chi connectivity index (χ4n) is 1.37. The number of aliphatic carboxylic acids is 1. The predicted octanol–water partition coefficient (Wildman–Crippen LogP) is 1.94. The van der Waals surface area contributed by atoms with E-state index in [4.69, 9.17) is 21.2 Å². The Hall–Kier alpha value is -1.88. The van der Waals surface area contributed by atoms with Crippen LogP contribution in [-0.4, -0.2) is 21.2 Å². The number of hydrogen-bond donors (Lipinski definition) is 1. The molecule has 2 rings (SSSR count). The van der Waals surface area contributed by atoms with Gasteiger partial charge in [-0.05, 0) is 11.6 Å². The van der Waals surface area contributed by atoms with E-state index in [9.17, 15) is 4.79 Å². The van der Waals surface area contributed by atoms with Crippen molar-refractivity contribution in [1.82, 2.24) is 10.1 Å². The van der Waals surface area contributed by atoms with E-state index in [-0.39, 0.29) is 12.2 Å². The molecule has 2 aromatic rings. The van der Waals surface area contributed by atoms with Crippen LogP contribution in [0.15, 0.2) is 28.8 Å². The first-order chi connectivity index (χ1) is 8.15. The molecule has 17 heavy (non-hydrogen) atoms. The van der Waals surface area contributed by atoms with Gasteiger partial charge < -0.3 is 9.63 Å². The first-order valence-corrected chi connectivity index (χ1v) is 5.29. The number of nitrogens with zero attached hydrogens (tertiary/aromatic N) is 2. The molecule has 0 aliphatic rings. The lowest BCUT2D eigenvalue weighted by Gasteiger charge is -1.98. The van der Waals surface area contributed by atoms with E-state index in [1.807, 2.05) is 18.2 Å². The van der Waals surface area contributed by atoms with Crippen LogP contribution in [0.5, 0.6) is 0 Å². The number of rotatable bonds is 4. The fraction of sp³-hybridized carbons (Fsp3) is 0.182. The summed E-state index contributed by atoms with van der Waals surface area (Å²) in [5, 5.41) is 12.8. The van der Waals surface area contributed by atoms with Gasteiger partial charge >= 0.3 is 5.97 Å². The van der Waals surface area contributed by atoms with E-state index in [1.54, 1.807) is 6.07 Å². The van der Waals surface area contributed by atoms with E-state index < -0.39 is 5.97 Å². The Labute approximate surface area is 102 Å². The van der Waals surface area contributed by atoms with E-state index in [1.165, 1.54) is 0 Å². The summed E-state index contributed by atoms with van der Waals surface area (Å²) in [4.78, 5) is 14.4. The van der Waals surface area contributed by atoms with Gasteiger partial charge in [0.05, 0.1) is 6.42 Å². The van der Waals surface area contributed by atoms with E-state index in [0.717, 1.165) is 5.56 Å². The molecule has 0 bridgehead atoms. The second-order valence-corrected chi connectivity index (χ2v) is 3.85. The minimum atomic E-state index is -0.991. The second kappa shape index (κ2) is 4.97. The molecule has 0 aliphatic carbocycles. The Morgan fingerprint density at radius 1 is 1.41 bits per heavy atom. The average Bonchev–Trinajstić information content (AvgIpc) is 2.68. The molecule has 0 atom stereocenters. The number of carbonyl (C=O) groups is 1. The van der Waals surface area contributed by atoms with Crippen molar-refractivity contribution in [3.63, 3.8) is 0 Å². The third-order valence-corrected chi connectivity index (χ3v) is 2.49. The molecular formula is C11H9ClN2O3. The number of benzene rings is 1. The summed E-state index contributed by atoms with van der Waals surface area (Å²) < 4.78 is 4.94. The molecule has 1 heterocycles. The Kier molecular flexibility index (Phi) is 3.39. The predicted molar refractivity (Wildman–Crippen MR) is 59.9 cm³/mol. The molecular weight excluding hydrogens is 244 g/mol. The van der Waals surface area contributed by atoms with Crippen LogP contribution in [0, 0.1) is 0 Å². The molecule has 0 aliphatic heterocycles. The van der Waals surface area contributed by atoms with Gasteiger partial charge in [0.1, 0.15) is 6.42 Å². The standard InChI is InChI=1S/C11H9ClN2O3/c12-8-4-2-1-3-7(8)5-10-13-9(14-17-10)6-11(15)16/h1-4H,5-6H2,(H,15,16). The van der Waals surface area contributed by atoms with Crippen LogP contribution in [0.3, 0.4) is 0 Å². The zero-order valence-corrected chi connectivity index (χ0v) is 9.52. The van der Waals surface area contributed by atoms with Gasteiger partial charge in [0.2, 0.25) is 5.89 Å². The topological polar surface area (TPSA) is 76.2 Å². The Morgan fingerprint density at radius 3 is 2.88 bits per heavy atom. The number of aromatic nitrogens is 2. The van der Waals surface area contributed by atoms with Gasteiger partial charge in [-0.2, -0.15) is 4.98 Å². The monoisotopic (exact) mass is 252 g/mol. The molecule has 88 valence electrons. The summed E-state index contributed by atoms with van der Waals surface area (Å²) in [6.45, 7) is 0. The highest BCUT2D eigenvalue weighted by atomic mass is 35.5. The third-order valence-electron chi connectivity index (χ3n) is 2.12. The summed E-state index contributed by atoms with van der Waals surface area (Å²) in [5.74, 6) is -0.469. The smallest absolute Gasteiger partial charge is 0.311 e. The number of carboxylic acids is 1. The Morgan fingerprint density at radius 2 is 2.18 bits per heavy atom. The van der Waals surface area contributed by atoms with Crippen molar-refractivity contribution in [3.8, 4) is 0 Å². The van der Waals surface area contributed by atoms with Crippen LogP contribution in [0.25, 0.3) is 0 Å². The Bertz CT molecular complexity index is 539. The van der Waals surface area contributed by atoms with Crippen LogP contribution >= 0.6 is 11.6 Å². The van der Waals surface area contributed by atoms with Gasteiger partial charge in [-0.15, -0.1) is 0 Å². The summed E-state index contributed by atoms with van der Waals surface area (Å²) in [6, 6.07) is 7.31. The zero-order chi connectivity index (χ0) is 12.3. The minimum absolute atomic E-state index is 0.166. The maximum absolute atomic E-state index is 10.4. The largest absolute Gasteiger partial charge is 0.481 e. The van der Waals surface area contributed by atoms with E-state index in [2.05, 4.69) is 10.1 Å². The lowest BCUT2D eigenvalue weighted by molar-refractivity contribution is -0.136. The molecule has 1 N–H and O–H groups in total. The van der Waals surface area contributed by atoms with Crippen LogP contribution in [0.2, 0.25) is 5.02 Å². The molecule has 0 radical (unpaired) electrons. The molecule has 1 aromatic heterocycles. The molecule has 1 aromatic carbocycles. The summed E-state index contributed by atoms with van der Waals surface area (Å²) in [6.07, 6.45) is 0.151. The van der Waals surface area contributed by atoms with Crippen molar-refractivity contribution < 1.29 is 14.4 Å². The lowest BCUT2D eigenvalue weighted by atomic mass is 10.1. The molecule has 0 unspecified atom stereocenters. The van der Waals surface area contributed by atoms with Crippen molar-refractivity contribution in [1.29, 1.82) is 0 Å². The SMILES string of the molecule is O=C(O)Cc1noc(Cc2ccccc2Cl)n1. The highest BCUT2D eigenvalue weighted by molar-refractivity contribution is 6.31. The van der Waals surface area contributed by atoms with Crippen LogP contribution in [0.4, 0.5) is 0 Å². The quantitative estimate of drug-likeness (QED) is 0.900. The van der Waals surface area contributed by atoms with E-state index >= 15 is 0 Å². The fourth-order valence-corrected chi connectivity index (χ4v) is 1.58. The van der Waals surface area contributed by atoms with Gasteiger partial charge in [-0.25, -0.2) is 0 Å². The van der Waals surface area contributed by atoms with Crippen molar-refractivity contribution in [3.05, 3.63) is 46.6 Å². The third kappa shape index (κ3) is 3.04. The molecule has 0 fully saturated rings. The zero-order valence-electron chi connectivity index (χ0n) is 8.76. The van der Waals surface area contributed by atoms with Gasteiger partial charge in [0.25, 0.3) is 0 Å². The van der Waals surface area contributed by atoms with Crippen molar-refractivity contribution in [2.75, 3.05) is 0 Å². The van der Waals surface area contributed by atoms with Crippen LogP contribution in [0.1, 0.15) is 17.3 Å². The minimum Gasteiger partial charge on any atom is -0.481 e. The van der Waals surface area contributed by atoms with Gasteiger partial charge in [0, 0.05) is 5.02 Å². The van der Waals surface area contributed by atoms with Crippen molar-refractivity contribution in [2.45, 2.75) is 12.8 Å². The van der Waals surface area contributed by atoms with Gasteiger partial charge in [-0.1, -0.05) is 35.0 Å². The summed E-state index contributed by atoms with van der Waals surface area (Å²) in [5.41, 5.74) is 0.861. The van der Waals surface area contributed by atoms with Gasteiger partial charge in [-0.3, -0.25) is 4.79 Å². The maximum atomic E-state index is 10.4. The van der Waals surface area contributed by atoms with Crippen molar-refractivity contribution >= 4 is 17.6 Å². The molecule has 0 saturated carbocycles. The van der Waals surface area contributed by atoms with Crippen molar-refractivity contribution in [2.24, 2.45) is 0 Å². The lowest BCUT2D eigenvalue weighted by Crippen LogP contribution is -2.01. The molecule has 0 amide bonds. The first-order valence-electron chi connectivity index (χ1n) is 4.92. The average molecular weight is 253 g/mol. The number of hydrogen-bond acceptors (Lipinski definition) is 4. The second-order valence-electron chi connectivity index (χ2n) is 3.44. The summed E-state index contributed by atoms with van der Waals surface area (Å²) in [7, 11) is 0. The maximum Gasteiger partial charge on any atom is 0.311 e. The highest BCUT2D eigenvalue weighted by Crippen LogP contribution is 2.18. The molecule has 0 saturated heterocycles.